The van der Waals surface area contributed by atoms with Gasteiger partial charge in [-0.15, -0.1) is 0 Å². The molecule has 0 aromatic carbocycles. The van der Waals surface area contributed by atoms with Crippen LogP contribution in [0.2, 0.25) is 0 Å². The molecule has 0 aromatic rings. The molecule has 0 aromatic heterocycles. The summed E-state index contributed by atoms with van der Waals surface area (Å²) in [6, 6.07) is 0. The number of aliphatic hydroxyl groups is 2. The highest BCUT2D eigenvalue weighted by Gasteiger charge is 2.63. The highest BCUT2D eigenvalue weighted by atomic mass is 16.3. The van der Waals surface area contributed by atoms with E-state index in [9.17, 15) is 19.8 Å². The van der Waals surface area contributed by atoms with Gasteiger partial charge in [0, 0.05) is 11.8 Å². The molecule has 350 valence electrons. The lowest BCUT2D eigenvalue weighted by molar-refractivity contribution is -0.135. The largest absolute Gasteiger partial charge is 0.393 e. The molecule has 0 radical (unpaired) electrons. The first-order chi connectivity index (χ1) is 29.2. The van der Waals surface area contributed by atoms with Crippen LogP contribution in [0.15, 0.2) is 35.5 Å². The second-order valence-corrected chi connectivity index (χ2v) is 25.2. The first-order valence-corrected chi connectivity index (χ1v) is 26.8. The van der Waals surface area contributed by atoms with Crippen LogP contribution in [0.5, 0.6) is 0 Å². The zero-order chi connectivity index (χ0) is 45.1. The second kappa shape index (κ2) is 18.6. The maximum atomic E-state index is 13.5. The van der Waals surface area contributed by atoms with Gasteiger partial charge in [0.05, 0.1) is 12.2 Å². The van der Waals surface area contributed by atoms with Gasteiger partial charge >= 0.3 is 0 Å². The Labute approximate surface area is 380 Å². The first kappa shape index (κ1) is 48.4. The van der Waals surface area contributed by atoms with Crippen LogP contribution in [0.25, 0.3) is 0 Å². The highest BCUT2D eigenvalue weighted by Crippen LogP contribution is 2.68. The van der Waals surface area contributed by atoms with Crippen molar-refractivity contribution in [2.24, 2.45) is 105 Å². The third-order valence-electron chi connectivity index (χ3n) is 21.8. The molecule has 0 bridgehead atoms. The number of aliphatic hydroxyl groups excluding tert-OH is 2. The Morgan fingerprint density at radius 1 is 0.581 bits per heavy atom. The summed E-state index contributed by atoms with van der Waals surface area (Å²) in [4.78, 5) is 26.9. The Morgan fingerprint density at radius 3 is 1.52 bits per heavy atom. The minimum absolute atomic E-state index is 0.133. The van der Waals surface area contributed by atoms with Crippen molar-refractivity contribution < 1.29 is 19.8 Å². The van der Waals surface area contributed by atoms with Crippen LogP contribution in [0.1, 0.15) is 199 Å². The zero-order valence-corrected chi connectivity index (χ0v) is 42.0. The summed E-state index contributed by atoms with van der Waals surface area (Å²) in [6.45, 7) is 28.9. The van der Waals surface area contributed by atoms with E-state index in [0.717, 1.165) is 55.8 Å². The van der Waals surface area contributed by atoms with E-state index in [2.05, 4.69) is 95.2 Å². The van der Waals surface area contributed by atoms with Crippen molar-refractivity contribution in [1.29, 1.82) is 0 Å². The molecule has 0 aliphatic heterocycles. The Hall–Kier alpha value is -1.52. The molecule has 0 heterocycles. The topological polar surface area (TPSA) is 74.6 Å². The molecule has 0 saturated heterocycles. The predicted molar refractivity (Wildman–Crippen MR) is 257 cm³/mol. The Balaban J connectivity index is 0.000000186. The predicted octanol–water partition coefficient (Wildman–Crippen LogP) is 14.2. The van der Waals surface area contributed by atoms with Crippen LogP contribution >= 0.6 is 0 Å². The number of rotatable bonds is 11. The lowest BCUT2D eigenvalue weighted by Gasteiger charge is -2.57. The van der Waals surface area contributed by atoms with Gasteiger partial charge in [0.1, 0.15) is 0 Å². The molecule has 4 heteroatoms. The van der Waals surface area contributed by atoms with Crippen LogP contribution in [0, 0.1) is 105 Å². The maximum absolute atomic E-state index is 13.5. The summed E-state index contributed by atoms with van der Waals surface area (Å²) < 4.78 is 0. The van der Waals surface area contributed by atoms with E-state index in [4.69, 9.17) is 0 Å². The van der Waals surface area contributed by atoms with Crippen LogP contribution < -0.4 is 0 Å². The fraction of sp³-hybridized carbons (Fsp3) is 0.862. The molecule has 8 aliphatic rings. The van der Waals surface area contributed by atoms with Crippen molar-refractivity contribution >= 4 is 11.6 Å². The zero-order valence-electron chi connectivity index (χ0n) is 42.0. The Kier molecular flexibility index (Phi) is 14.6. The van der Waals surface area contributed by atoms with E-state index in [1.165, 1.54) is 88.2 Å². The van der Waals surface area contributed by atoms with Crippen molar-refractivity contribution in [2.75, 3.05) is 0 Å². The second-order valence-electron chi connectivity index (χ2n) is 25.2. The molecule has 0 unspecified atom stereocenters. The normalized spacial score (nSPS) is 44.5. The molecular weight excluding hydrogens is 761 g/mol. The van der Waals surface area contributed by atoms with Gasteiger partial charge in [-0.1, -0.05) is 119 Å². The summed E-state index contributed by atoms with van der Waals surface area (Å²) >= 11 is 0. The van der Waals surface area contributed by atoms with Crippen molar-refractivity contribution in [3.63, 3.8) is 0 Å². The van der Waals surface area contributed by atoms with E-state index in [1.54, 1.807) is 0 Å². The lowest BCUT2D eigenvalue weighted by Crippen LogP contribution is -2.53. The summed E-state index contributed by atoms with van der Waals surface area (Å²) in [5, 5.41) is 20.4. The molecule has 6 saturated carbocycles. The minimum atomic E-state index is -0.251. The summed E-state index contributed by atoms with van der Waals surface area (Å²) in [7, 11) is 0. The number of carbonyl (C=O) groups excluding carboxylic acids is 2. The minimum Gasteiger partial charge on any atom is -0.393 e. The number of fused-ring (bicyclic) bond motifs is 10. The molecule has 0 amide bonds. The standard InChI is InChI=1S/C29H48O2.C29H46O2/c2*1-7-20(18(2)3)9-8-19(4)23-10-11-24-27-25(13-15-29(23,24)6)28(5)14-12-22(30)16-21(28)17-26(27)31/h17-20,22-25,27,30H,7-16H2,1-6H3;8-9,17-20,22-25,27,30H,7,10-16H2,1-6H3/b;9-8+/t2*19-,20-,22+,23-,24+,25+,27+,28+,29-/m11/s1. The van der Waals surface area contributed by atoms with Crippen LogP contribution in [0.4, 0.5) is 0 Å². The number of ketones is 2. The van der Waals surface area contributed by atoms with Gasteiger partial charge in [-0.3, -0.25) is 9.59 Å². The summed E-state index contributed by atoms with van der Waals surface area (Å²) in [6.07, 6.45) is 29.1. The molecule has 0 spiro atoms. The van der Waals surface area contributed by atoms with Gasteiger partial charge in [-0.25, -0.2) is 0 Å². The summed E-state index contributed by atoms with van der Waals surface area (Å²) in [5.74, 6) is 9.18. The van der Waals surface area contributed by atoms with Gasteiger partial charge in [-0.2, -0.15) is 0 Å². The number of hydrogen-bond acceptors (Lipinski definition) is 4. The third kappa shape index (κ3) is 8.53. The Bertz CT molecular complexity index is 1700. The van der Waals surface area contributed by atoms with Gasteiger partial charge < -0.3 is 10.2 Å². The van der Waals surface area contributed by atoms with E-state index in [0.29, 0.717) is 70.7 Å². The molecular formula is C58H94O4. The van der Waals surface area contributed by atoms with Gasteiger partial charge in [0.2, 0.25) is 0 Å². The number of allylic oxidation sites excluding steroid dienone is 4. The SMILES string of the molecule is CC[C@H](/C=C/[C@@H](C)[C@H]1CC[C@H]2[C@@H]3C(=O)C=C4C[C@@H](O)CC[C@]4(C)[C@H]3CC[C@]12C)C(C)C.CC[C@H](CC[C@@H](C)[C@H]1CC[C@H]2[C@@H]3C(=O)C=C4C[C@@H](O)CC[C@]4(C)[C@H]3CC[C@]12C)C(C)C. The van der Waals surface area contributed by atoms with Crippen molar-refractivity contribution in [2.45, 2.75) is 211 Å². The number of carbonyl (C=O) groups is 2. The average molecular weight is 855 g/mol. The van der Waals surface area contributed by atoms with Crippen LogP contribution in [0.3, 0.4) is 0 Å². The monoisotopic (exact) mass is 855 g/mol. The van der Waals surface area contributed by atoms with Gasteiger partial charge in [0.15, 0.2) is 11.6 Å². The molecule has 6 fully saturated rings. The Morgan fingerprint density at radius 2 is 1.06 bits per heavy atom. The van der Waals surface area contributed by atoms with Gasteiger partial charge in [0.25, 0.3) is 0 Å². The highest BCUT2D eigenvalue weighted by molar-refractivity contribution is 5.95. The fourth-order valence-corrected chi connectivity index (χ4v) is 17.6. The number of hydrogen-bond donors (Lipinski definition) is 2. The molecule has 2 N–H and O–H groups in total. The third-order valence-corrected chi connectivity index (χ3v) is 21.8. The van der Waals surface area contributed by atoms with E-state index in [1.807, 2.05) is 12.2 Å². The van der Waals surface area contributed by atoms with Crippen LogP contribution in [-0.2, 0) is 9.59 Å². The van der Waals surface area contributed by atoms with E-state index in [-0.39, 0.29) is 40.3 Å². The van der Waals surface area contributed by atoms with E-state index < -0.39 is 0 Å². The quantitative estimate of drug-likeness (QED) is 0.203. The van der Waals surface area contributed by atoms with Crippen molar-refractivity contribution in [3.05, 3.63) is 35.5 Å². The molecule has 62 heavy (non-hydrogen) atoms. The maximum Gasteiger partial charge on any atom is 0.159 e. The lowest BCUT2D eigenvalue weighted by atomic mass is 9.46. The smallest absolute Gasteiger partial charge is 0.159 e. The molecule has 8 aliphatic carbocycles. The van der Waals surface area contributed by atoms with Gasteiger partial charge in [-0.05, 0) is 208 Å². The first-order valence-electron chi connectivity index (χ1n) is 26.8. The van der Waals surface area contributed by atoms with Crippen molar-refractivity contribution in [1.82, 2.24) is 0 Å². The van der Waals surface area contributed by atoms with Crippen LogP contribution in [-0.4, -0.2) is 34.0 Å². The molecule has 4 nitrogen and oxygen atoms in total. The van der Waals surface area contributed by atoms with Crippen molar-refractivity contribution in [3.8, 4) is 0 Å². The fourth-order valence-electron chi connectivity index (χ4n) is 17.6. The molecule has 18 atom stereocenters. The summed E-state index contributed by atoms with van der Waals surface area (Å²) in [5.41, 5.74) is 3.43. The average Bonchev–Trinajstić information content (AvgIpc) is 3.76. The van der Waals surface area contributed by atoms with E-state index >= 15 is 0 Å². The molecule has 8 rings (SSSR count).